The monoisotopic (exact) mass is 568 g/mol. The normalized spacial score (nSPS) is 14.1. The summed E-state index contributed by atoms with van der Waals surface area (Å²) in [5.41, 5.74) is 0.112. The first-order chi connectivity index (χ1) is 17.5. The Balaban J connectivity index is 1.64. The van der Waals surface area contributed by atoms with Crippen molar-refractivity contribution in [2.24, 2.45) is 0 Å². The molecule has 0 spiro atoms. The molecule has 2 aromatic carbocycles. The number of carbonyl (C=O) groups excluding carboxylic acids is 2. The van der Waals surface area contributed by atoms with Gasteiger partial charge in [0.25, 0.3) is 6.43 Å². The second kappa shape index (κ2) is 11.1. The summed E-state index contributed by atoms with van der Waals surface area (Å²) in [4.78, 5) is 24.3. The van der Waals surface area contributed by atoms with E-state index in [1.54, 1.807) is 6.07 Å². The fraction of sp³-hybridized carbons (Fsp3) is 0.261. The molecule has 0 bridgehead atoms. The van der Waals surface area contributed by atoms with Crippen molar-refractivity contribution >= 4 is 45.0 Å². The number of sulfone groups is 1. The van der Waals surface area contributed by atoms with Gasteiger partial charge in [0.05, 0.1) is 21.2 Å². The third-order valence-corrected chi connectivity index (χ3v) is 7.92. The number of hydrogen-bond donors (Lipinski definition) is 0. The van der Waals surface area contributed by atoms with Crippen LogP contribution in [0.1, 0.15) is 47.2 Å². The van der Waals surface area contributed by atoms with Crippen molar-refractivity contribution in [2.45, 2.75) is 41.5 Å². The number of rotatable bonds is 8. The van der Waals surface area contributed by atoms with Gasteiger partial charge in [0, 0.05) is 42.1 Å². The average molecular weight is 569 g/mol. The molecule has 0 radical (unpaired) electrons. The van der Waals surface area contributed by atoms with Crippen LogP contribution in [0.4, 0.5) is 8.78 Å². The van der Waals surface area contributed by atoms with Crippen molar-refractivity contribution in [1.29, 1.82) is 0 Å². The van der Waals surface area contributed by atoms with E-state index >= 15 is 0 Å². The molecule has 194 valence electrons. The maximum Gasteiger partial charge on any atom is 0.344 e. The summed E-state index contributed by atoms with van der Waals surface area (Å²) in [5, 5.41) is 11.4. The molecule has 1 aliphatic rings. The number of ketones is 1. The highest BCUT2D eigenvalue weighted by Gasteiger charge is 2.25. The van der Waals surface area contributed by atoms with Gasteiger partial charge in [-0.15, -0.1) is 5.10 Å². The minimum absolute atomic E-state index is 0.0710. The van der Waals surface area contributed by atoms with E-state index in [1.165, 1.54) is 41.1 Å². The molecule has 1 aliphatic carbocycles. The Labute approximate surface area is 219 Å². The minimum Gasteiger partial charge on any atom is -0.427 e. The largest absolute Gasteiger partial charge is 0.427 e. The molecule has 0 amide bonds. The summed E-state index contributed by atoms with van der Waals surface area (Å²) < 4.78 is 57.7. The van der Waals surface area contributed by atoms with Gasteiger partial charge in [0.2, 0.25) is 5.16 Å². The number of hydrogen-bond acceptors (Lipinski definition) is 9. The highest BCUT2D eigenvalue weighted by Crippen LogP contribution is 2.34. The van der Waals surface area contributed by atoms with Crippen LogP contribution < -0.4 is 0 Å². The first-order valence-corrected chi connectivity index (χ1v) is 14.1. The smallest absolute Gasteiger partial charge is 0.344 e. The second-order valence-corrected chi connectivity index (χ2v) is 11.4. The van der Waals surface area contributed by atoms with Gasteiger partial charge in [-0.3, -0.25) is 4.79 Å². The molecule has 0 aliphatic heterocycles. The maximum absolute atomic E-state index is 13.1. The second-order valence-electron chi connectivity index (χ2n) is 8.05. The van der Waals surface area contributed by atoms with Crippen molar-refractivity contribution in [3.8, 4) is 5.69 Å². The molecule has 0 atom stereocenters. The number of alkyl halides is 2. The van der Waals surface area contributed by atoms with Gasteiger partial charge in [0.1, 0.15) is 5.76 Å². The van der Waals surface area contributed by atoms with Crippen LogP contribution in [0.25, 0.3) is 5.69 Å². The number of tetrazole rings is 1. The summed E-state index contributed by atoms with van der Waals surface area (Å²) in [5.74, 6) is -0.837. The average Bonchev–Trinajstić information content (AvgIpc) is 3.31. The molecule has 0 saturated heterocycles. The number of allylic oxidation sites excluding steroid dienone is 2. The molecule has 0 N–H and O–H groups in total. The highest BCUT2D eigenvalue weighted by atomic mass is 35.5. The summed E-state index contributed by atoms with van der Waals surface area (Å²) in [6.07, 6.45) is 0.916. The lowest BCUT2D eigenvalue weighted by Gasteiger charge is -2.15. The van der Waals surface area contributed by atoms with Crippen LogP contribution in [-0.2, 0) is 25.1 Å². The number of halogens is 3. The Morgan fingerprint density at radius 1 is 1.24 bits per heavy atom. The number of carbonyl (C=O) groups is 2. The predicted molar refractivity (Wildman–Crippen MR) is 131 cm³/mol. The molecule has 3 aromatic rings. The minimum atomic E-state index is -3.75. The van der Waals surface area contributed by atoms with Crippen LogP contribution in [0.5, 0.6) is 0 Å². The molecule has 9 nitrogen and oxygen atoms in total. The molecular weight excluding hydrogens is 550 g/mol. The van der Waals surface area contributed by atoms with E-state index in [1.807, 2.05) is 0 Å². The van der Waals surface area contributed by atoms with E-state index in [0.29, 0.717) is 19.3 Å². The van der Waals surface area contributed by atoms with Gasteiger partial charge in [-0.25, -0.2) is 22.0 Å². The summed E-state index contributed by atoms with van der Waals surface area (Å²) in [7, 11) is -3.75. The molecule has 37 heavy (non-hydrogen) atoms. The summed E-state index contributed by atoms with van der Waals surface area (Å²) in [6.45, 7) is 0. The number of benzene rings is 2. The van der Waals surface area contributed by atoms with Gasteiger partial charge in [-0.2, -0.15) is 4.68 Å². The van der Waals surface area contributed by atoms with Crippen LogP contribution in [0.3, 0.4) is 0 Å². The lowest BCUT2D eigenvalue weighted by Crippen LogP contribution is -2.12. The zero-order valence-electron chi connectivity index (χ0n) is 19.2. The van der Waals surface area contributed by atoms with E-state index in [0.717, 1.165) is 18.0 Å². The van der Waals surface area contributed by atoms with E-state index in [-0.39, 0.29) is 54.7 Å². The van der Waals surface area contributed by atoms with Crippen molar-refractivity contribution in [2.75, 3.05) is 6.26 Å². The fourth-order valence-corrected chi connectivity index (χ4v) is 6.02. The molecule has 0 saturated carbocycles. The lowest BCUT2D eigenvalue weighted by atomic mass is 10.1. The molecule has 0 unspecified atom stereocenters. The third kappa shape index (κ3) is 6.22. The number of ether oxygens (including phenoxy) is 1. The Morgan fingerprint density at radius 3 is 2.73 bits per heavy atom. The summed E-state index contributed by atoms with van der Waals surface area (Å²) >= 11 is 7.51. The SMILES string of the molecule is CS(=O)(=O)c1ccc(C(=O)OC2=CC(=O)CCC2)c(Cl)c1CSc1nnnn1-c1cccc(C(F)F)c1. The summed E-state index contributed by atoms with van der Waals surface area (Å²) in [6, 6.07) is 8.00. The maximum atomic E-state index is 13.1. The van der Waals surface area contributed by atoms with Crippen LogP contribution in [0.2, 0.25) is 5.02 Å². The highest BCUT2D eigenvalue weighted by molar-refractivity contribution is 7.98. The van der Waals surface area contributed by atoms with E-state index in [4.69, 9.17) is 16.3 Å². The van der Waals surface area contributed by atoms with Crippen molar-refractivity contribution < 1.29 is 31.5 Å². The number of aromatic nitrogens is 4. The molecule has 4 rings (SSSR count). The topological polar surface area (TPSA) is 121 Å². The van der Waals surface area contributed by atoms with Gasteiger partial charge >= 0.3 is 5.97 Å². The molecule has 1 heterocycles. The van der Waals surface area contributed by atoms with E-state index < -0.39 is 22.2 Å². The molecule has 1 aromatic heterocycles. The van der Waals surface area contributed by atoms with E-state index in [2.05, 4.69) is 15.5 Å². The van der Waals surface area contributed by atoms with Gasteiger partial charge < -0.3 is 4.74 Å². The molecule has 14 heteroatoms. The van der Waals surface area contributed by atoms with Crippen LogP contribution in [0, 0.1) is 0 Å². The predicted octanol–water partition coefficient (Wildman–Crippen LogP) is 4.74. The van der Waals surface area contributed by atoms with Crippen molar-refractivity contribution in [1.82, 2.24) is 20.2 Å². The van der Waals surface area contributed by atoms with E-state index in [9.17, 15) is 26.8 Å². The Morgan fingerprint density at radius 2 is 2.03 bits per heavy atom. The van der Waals surface area contributed by atoms with Crippen LogP contribution in [-0.4, -0.2) is 46.6 Å². The fourth-order valence-electron chi connectivity index (χ4n) is 3.62. The number of esters is 1. The van der Waals surface area contributed by atoms with Crippen LogP contribution in [0.15, 0.2) is 58.3 Å². The standard InChI is InChI=1S/C23H19ClF2N4O5S2/c1-37(33,34)19-9-8-17(22(32)35-16-7-3-6-15(31)11-16)20(24)18(19)12-36-23-27-28-29-30(23)14-5-2-4-13(10-14)21(25)26/h2,4-5,8-11,21H,3,6-7,12H2,1H3. The number of nitrogens with zero attached hydrogens (tertiary/aromatic N) is 4. The third-order valence-electron chi connectivity index (χ3n) is 5.36. The lowest BCUT2D eigenvalue weighted by molar-refractivity contribution is -0.115. The molecule has 0 fully saturated rings. The molecular formula is C23H19ClF2N4O5S2. The number of thioether (sulfide) groups is 1. The first kappa shape index (κ1) is 26.9. The van der Waals surface area contributed by atoms with Gasteiger partial charge in [0.15, 0.2) is 15.6 Å². The Hall–Kier alpha value is -3.16. The van der Waals surface area contributed by atoms with Crippen molar-refractivity contribution in [3.63, 3.8) is 0 Å². The Bertz CT molecular complexity index is 1510. The zero-order valence-corrected chi connectivity index (χ0v) is 21.6. The van der Waals surface area contributed by atoms with Gasteiger partial charge in [-0.1, -0.05) is 35.5 Å². The quantitative estimate of drug-likeness (QED) is 0.280. The van der Waals surface area contributed by atoms with Crippen LogP contribution >= 0.6 is 23.4 Å². The Kier molecular flexibility index (Phi) is 8.05. The zero-order chi connectivity index (χ0) is 26.7. The van der Waals surface area contributed by atoms with Crippen molar-refractivity contribution in [3.05, 3.63) is 69.9 Å². The van der Waals surface area contributed by atoms with Gasteiger partial charge in [-0.05, 0) is 41.1 Å². The first-order valence-electron chi connectivity index (χ1n) is 10.8.